The number of esters is 1. The Balaban J connectivity index is 2.32. The summed E-state index contributed by atoms with van der Waals surface area (Å²) in [6, 6.07) is 6.43. The van der Waals surface area contributed by atoms with E-state index in [2.05, 4.69) is 26.1 Å². The number of hydrogen-bond donors (Lipinski definition) is 3. The fourth-order valence-electron chi connectivity index (χ4n) is 2.06. The lowest BCUT2D eigenvalue weighted by atomic mass is 10.1. The van der Waals surface area contributed by atoms with Gasteiger partial charge in [-0.05, 0) is 45.9 Å². The van der Waals surface area contributed by atoms with E-state index in [9.17, 15) is 14.9 Å². The molecule has 0 atom stereocenters. The Hall–Kier alpha value is -3.27. The normalized spacial score (nSPS) is 11.0. The van der Waals surface area contributed by atoms with E-state index >= 15 is 0 Å². The number of anilines is 3. The SMILES string of the molecule is CCOC(=O)c1cccc(Nc2ncnc(NNC(C)(C)C)c2[N+](=O)[O-])c1. The number of rotatable bonds is 7. The van der Waals surface area contributed by atoms with Gasteiger partial charge in [-0.25, -0.2) is 20.2 Å². The Bertz CT molecular complexity index is 834. The number of hydrazine groups is 1. The lowest BCUT2D eigenvalue weighted by Crippen LogP contribution is -2.40. The van der Waals surface area contributed by atoms with Crippen LogP contribution in [0.4, 0.5) is 23.0 Å². The van der Waals surface area contributed by atoms with Gasteiger partial charge in [0.25, 0.3) is 0 Å². The Morgan fingerprint density at radius 3 is 2.59 bits per heavy atom. The number of hydrogen-bond acceptors (Lipinski definition) is 9. The molecule has 3 N–H and O–H groups in total. The first kappa shape index (κ1) is 20.0. The van der Waals surface area contributed by atoms with Gasteiger partial charge in [0.2, 0.25) is 11.6 Å². The lowest BCUT2D eigenvalue weighted by Gasteiger charge is -2.21. The summed E-state index contributed by atoms with van der Waals surface area (Å²) in [5.74, 6) is -0.460. The van der Waals surface area contributed by atoms with Crippen molar-refractivity contribution in [1.29, 1.82) is 0 Å². The van der Waals surface area contributed by atoms with E-state index in [1.54, 1.807) is 25.1 Å². The predicted molar refractivity (Wildman–Crippen MR) is 101 cm³/mol. The zero-order valence-corrected chi connectivity index (χ0v) is 15.6. The van der Waals surface area contributed by atoms with Gasteiger partial charge in [-0.15, -0.1) is 0 Å². The Morgan fingerprint density at radius 2 is 1.96 bits per heavy atom. The van der Waals surface area contributed by atoms with Crippen molar-refractivity contribution in [3.05, 3.63) is 46.3 Å². The smallest absolute Gasteiger partial charge is 0.354 e. The fraction of sp³-hybridized carbons (Fsp3) is 0.353. The molecule has 10 nitrogen and oxygen atoms in total. The van der Waals surface area contributed by atoms with Gasteiger partial charge in [0.05, 0.1) is 17.1 Å². The Kier molecular flexibility index (Phi) is 6.24. The summed E-state index contributed by atoms with van der Waals surface area (Å²) in [6.45, 7) is 7.65. The Morgan fingerprint density at radius 1 is 1.26 bits per heavy atom. The van der Waals surface area contributed by atoms with E-state index in [-0.39, 0.29) is 29.5 Å². The number of benzene rings is 1. The van der Waals surface area contributed by atoms with Crippen LogP contribution in [0.1, 0.15) is 38.1 Å². The maximum Gasteiger partial charge on any atom is 0.354 e. The summed E-state index contributed by atoms with van der Waals surface area (Å²) >= 11 is 0. The number of aromatic nitrogens is 2. The van der Waals surface area contributed by atoms with E-state index < -0.39 is 10.9 Å². The summed E-state index contributed by atoms with van der Waals surface area (Å²) in [7, 11) is 0. The van der Waals surface area contributed by atoms with Crippen molar-refractivity contribution < 1.29 is 14.5 Å². The van der Waals surface area contributed by atoms with E-state index in [1.807, 2.05) is 20.8 Å². The van der Waals surface area contributed by atoms with E-state index in [0.717, 1.165) is 0 Å². The molecule has 0 fully saturated rings. The van der Waals surface area contributed by atoms with Crippen molar-refractivity contribution in [1.82, 2.24) is 15.4 Å². The van der Waals surface area contributed by atoms with Gasteiger partial charge in [-0.1, -0.05) is 6.07 Å². The molecule has 2 aromatic rings. The van der Waals surface area contributed by atoms with Crippen LogP contribution in [0.3, 0.4) is 0 Å². The maximum absolute atomic E-state index is 11.9. The molecular weight excluding hydrogens is 352 g/mol. The molecule has 0 aliphatic heterocycles. The number of nitrogens with one attached hydrogen (secondary N) is 3. The number of carbonyl (C=O) groups excluding carboxylic acids is 1. The molecule has 27 heavy (non-hydrogen) atoms. The molecule has 0 saturated heterocycles. The summed E-state index contributed by atoms with van der Waals surface area (Å²) < 4.78 is 4.96. The lowest BCUT2D eigenvalue weighted by molar-refractivity contribution is -0.383. The molecule has 0 saturated carbocycles. The average Bonchev–Trinajstić information content (AvgIpc) is 2.59. The average molecular weight is 374 g/mol. The first-order valence-corrected chi connectivity index (χ1v) is 8.28. The van der Waals surface area contributed by atoms with Crippen LogP contribution in [0.25, 0.3) is 0 Å². The first-order chi connectivity index (χ1) is 12.7. The third-order valence-corrected chi connectivity index (χ3v) is 3.20. The number of carbonyl (C=O) groups is 1. The van der Waals surface area contributed by atoms with Crippen LogP contribution in [0.5, 0.6) is 0 Å². The zero-order valence-electron chi connectivity index (χ0n) is 15.6. The molecule has 0 unspecified atom stereocenters. The minimum atomic E-state index is -0.579. The van der Waals surface area contributed by atoms with E-state index in [1.165, 1.54) is 12.4 Å². The molecule has 0 aliphatic carbocycles. The predicted octanol–water partition coefficient (Wildman–Crippen LogP) is 3.02. The van der Waals surface area contributed by atoms with Crippen LogP contribution in [0.15, 0.2) is 30.6 Å². The molecule has 0 radical (unpaired) electrons. The van der Waals surface area contributed by atoms with Crippen molar-refractivity contribution in [2.75, 3.05) is 17.3 Å². The minimum absolute atomic E-state index is 0.00535. The third kappa shape index (κ3) is 5.61. The van der Waals surface area contributed by atoms with E-state index in [4.69, 9.17) is 4.74 Å². The topological polar surface area (TPSA) is 131 Å². The third-order valence-electron chi connectivity index (χ3n) is 3.20. The van der Waals surface area contributed by atoms with Gasteiger partial charge < -0.3 is 10.1 Å². The standard InChI is InChI=1S/C17H22N6O4/c1-5-27-16(24)11-7-6-8-12(9-11)20-14-13(23(25)26)15(19-10-18-14)21-22-17(2,3)4/h6-10,22H,5H2,1-4H3,(H2,18,19,20,21). The van der Waals surface area contributed by atoms with E-state index in [0.29, 0.717) is 11.3 Å². The molecule has 1 aromatic carbocycles. The van der Waals surface area contributed by atoms with Gasteiger partial charge in [0.15, 0.2) is 0 Å². The molecule has 1 aromatic heterocycles. The summed E-state index contributed by atoms with van der Waals surface area (Å²) in [4.78, 5) is 30.7. The molecular formula is C17H22N6O4. The van der Waals surface area contributed by atoms with Gasteiger partial charge in [-0.3, -0.25) is 15.5 Å². The van der Waals surface area contributed by atoms with Crippen molar-refractivity contribution in [2.45, 2.75) is 33.2 Å². The zero-order chi connectivity index (χ0) is 20.0. The molecule has 0 spiro atoms. The maximum atomic E-state index is 11.9. The van der Waals surface area contributed by atoms with Crippen molar-refractivity contribution >= 4 is 29.0 Å². The quantitative estimate of drug-likeness (QED) is 0.380. The van der Waals surface area contributed by atoms with Crippen molar-refractivity contribution in [3.63, 3.8) is 0 Å². The largest absolute Gasteiger partial charge is 0.462 e. The molecule has 144 valence electrons. The monoisotopic (exact) mass is 374 g/mol. The number of ether oxygens (including phenoxy) is 1. The molecule has 10 heteroatoms. The van der Waals surface area contributed by atoms with Crippen LogP contribution in [0.2, 0.25) is 0 Å². The van der Waals surface area contributed by atoms with Gasteiger partial charge in [0.1, 0.15) is 6.33 Å². The molecule has 2 rings (SSSR count). The van der Waals surface area contributed by atoms with Gasteiger partial charge in [0, 0.05) is 11.2 Å². The Labute approximate surface area is 156 Å². The molecule has 0 bridgehead atoms. The second-order valence-electron chi connectivity index (χ2n) is 6.60. The van der Waals surface area contributed by atoms with Crippen molar-refractivity contribution in [2.24, 2.45) is 0 Å². The molecule has 0 aliphatic rings. The molecule has 0 amide bonds. The van der Waals surface area contributed by atoms with Gasteiger partial charge in [-0.2, -0.15) is 0 Å². The first-order valence-electron chi connectivity index (χ1n) is 8.28. The highest BCUT2D eigenvalue weighted by Gasteiger charge is 2.24. The highest BCUT2D eigenvalue weighted by Crippen LogP contribution is 2.31. The minimum Gasteiger partial charge on any atom is -0.462 e. The van der Waals surface area contributed by atoms with Crippen LogP contribution >= 0.6 is 0 Å². The number of nitro groups is 1. The second kappa shape index (κ2) is 8.41. The summed E-state index contributed by atoms with van der Waals surface area (Å²) in [5.41, 5.74) is 5.80. The van der Waals surface area contributed by atoms with Crippen LogP contribution in [0, 0.1) is 10.1 Å². The van der Waals surface area contributed by atoms with Crippen molar-refractivity contribution in [3.8, 4) is 0 Å². The second-order valence-corrected chi connectivity index (χ2v) is 6.60. The highest BCUT2D eigenvalue weighted by molar-refractivity contribution is 5.91. The number of nitrogens with zero attached hydrogens (tertiary/aromatic N) is 3. The highest BCUT2D eigenvalue weighted by atomic mass is 16.6. The van der Waals surface area contributed by atoms with Crippen LogP contribution in [-0.2, 0) is 4.74 Å². The molecule has 1 heterocycles. The summed E-state index contributed by atoms with van der Waals surface area (Å²) in [6.07, 6.45) is 1.21. The van der Waals surface area contributed by atoms with Crippen LogP contribution < -0.4 is 16.2 Å². The van der Waals surface area contributed by atoms with Gasteiger partial charge >= 0.3 is 11.7 Å². The summed E-state index contributed by atoms with van der Waals surface area (Å²) in [5, 5.41) is 14.4. The van der Waals surface area contributed by atoms with Crippen LogP contribution in [-0.4, -0.2) is 33.0 Å². The fourth-order valence-corrected chi connectivity index (χ4v) is 2.06.